The van der Waals surface area contributed by atoms with Crippen LogP contribution in [0.5, 0.6) is 0 Å². The molecule has 1 aromatic carbocycles. The van der Waals surface area contributed by atoms with Crippen LogP contribution in [0.15, 0.2) is 24.3 Å². The smallest absolute Gasteiger partial charge is 0.224 e. The van der Waals surface area contributed by atoms with Crippen molar-refractivity contribution in [1.29, 1.82) is 0 Å². The van der Waals surface area contributed by atoms with Crippen LogP contribution in [0.3, 0.4) is 0 Å². The van der Waals surface area contributed by atoms with E-state index in [1.807, 2.05) is 24.3 Å². The fourth-order valence-corrected chi connectivity index (χ4v) is 1.52. The van der Waals surface area contributed by atoms with Gasteiger partial charge in [0.15, 0.2) is 0 Å². The summed E-state index contributed by atoms with van der Waals surface area (Å²) in [6.45, 7) is 2.44. The highest BCUT2D eigenvalue weighted by atomic mass is 16.1. The molecular formula is C14H21NO. The molecule has 0 heterocycles. The topological polar surface area (TPSA) is 29.1 Å². The van der Waals surface area contributed by atoms with E-state index in [1.165, 1.54) is 12.8 Å². The highest BCUT2D eigenvalue weighted by Gasteiger charge is 2.01. The maximum atomic E-state index is 11.6. The van der Waals surface area contributed by atoms with Crippen LogP contribution in [0.25, 0.3) is 0 Å². The van der Waals surface area contributed by atoms with Crippen LogP contribution in [-0.2, 0) is 4.79 Å². The van der Waals surface area contributed by atoms with Gasteiger partial charge in [0, 0.05) is 13.5 Å². The normalized spacial score (nSPS) is 10.9. The number of rotatable bonds is 6. The summed E-state index contributed by atoms with van der Waals surface area (Å²) in [5, 5.41) is 2.87. The van der Waals surface area contributed by atoms with Crippen molar-refractivity contribution in [2.75, 3.05) is 5.32 Å². The second kappa shape index (κ2) is 7.04. The molecule has 0 fully saturated rings. The van der Waals surface area contributed by atoms with Gasteiger partial charge in [0.05, 0.1) is 0 Å². The van der Waals surface area contributed by atoms with Gasteiger partial charge in [-0.15, -0.1) is 0 Å². The maximum Gasteiger partial charge on any atom is 0.224 e. The van der Waals surface area contributed by atoms with Crippen molar-refractivity contribution < 1.29 is 6.17 Å². The molecule has 0 unspecified atom stereocenters. The number of hydrogen-bond donors (Lipinski definition) is 1. The number of unbranched alkanes of at least 4 members (excludes halogenated alkanes) is 3. The highest BCUT2D eigenvalue weighted by molar-refractivity contribution is 5.90. The van der Waals surface area contributed by atoms with Crippen LogP contribution in [0, 0.1) is 6.90 Å². The molecule has 2 nitrogen and oxygen atoms in total. The molecule has 2 heteroatoms. The van der Waals surface area contributed by atoms with E-state index in [2.05, 4.69) is 12.2 Å². The average Bonchev–Trinajstić information content (AvgIpc) is 2.36. The molecule has 88 valence electrons. The van der Waals surface area contributed by atoms with Crippen molar-refractivity contribution >= 4 is 11.6 Å². The lowest BCUT2D eigenvalue weighted by atomic mass is 10.1. The van der Waals surface area contributed by atoms with E-state index in [9.17, 15) is 4.79 Å². The minimum absolute atomic E-state index is 0.0831. The molecule has 0 spiro atoms. The fraction of sp³-hybridized carbons (Fsp3) is 0.500. The Kier molecular flexibility index (Phi) is 4.92. The SMILES string of the molecule is [2H]Cc1ccc(NC(=O)CCCCCC)cc1. The van der Waals surface area contributed by atoms with Crippen LogP contribution in [0.1, 0.15) is 46.0 Å². The molecule has 16 heavy (non-hydrogen) atoms. The summed E-state index contributed by atoms with van der Waals surface area (Å²) in [6.07, 6.45) is 5.08. The van der Waals surface area contributed by atoms with Crippen LogP contribution >= 0.6 is 0 Å². The number of benzene rings is 1. The Hall–Kier alpha value is -1.31. The molecule has 0 aliphatic rings. The Morgan fingerprint density at radius 1 is 1.25 bits per heavy atom. The van der Waals surface area contributed by atoms with Crippen molar-refractivity contribution in [3.8, 4) is 0 Å². The largest absolute Gasteiger partial charge is 0.326 e. The summed E-state index contributed by atoms with van der Waals surface area (Å²) >= 11 is 0. The average molecular weight is 220 g/mol. The van der Waals surface area contributed by atoms with E-state index in [0.29, 0.717) is 6.42 Å². The Morgan fingerprint density at radius 3 is 2.62 bits per heavy atom. The first kappa shape index (κ1) is 11.2. The van der Waals surface area contributed by atoms with Gasteiger partial charge in [-0.1, -0.05) is 43.9 Å². The number of anilines is 1. The summed E-state index contributed by atoms with van der Waals surface area (Å²) in [7, 11) is 0. The number of carbonyl (C=O) groups is 1. The molecule has 1 rings (SSSR count). The van der Waals surface area contributed by atoms with Gasteiger partial charge < -0.3 is 5.32 Å². The molecule has 0 aromatic heterocycles. The van der Waals surface area contributed by atoms with Crippen LogP contribution in [-0.4, -0.2) is 5.91 Å². The third kappa shape index (κ3) is 4.96. The fourth-order valence-electron chi connectivity index (χ4n) is 1.52. The second-order valence-electron chi connectivity index (χ2n) is 4.06. The Balaban J connectivity index is 2.29. The summed E-state index contributed by atoms with van der Waals surface area (Å²) in [4.78, 5) is 11.6. The van der Waals surface area contributed by atoms with Gasteiger partial charge >= 0.3 is 0 Å². The summed E-state index contributed by atoms with van der Waals surface area (Å²) in [5.41, 5.74) is 1.79. The Labute approximate surface area is 99.5 Å². The van der Waals surface area contributed by atoms with Gasteiger partial charge in [-0.25, -0.2) is 0 Å². The quantitative estimate of drug-likeness (QED) is 0.724. The zero-order valence-corrected chi connectivity index (χ0v) is 9.96. The van der Waals surface area contributed by atoms with Crippen molar-refractivity contribution in [2.45, 2.75) is 45.9 Å². The maximum absolute atomic E-state index is 11.6. The molecule has 0 saturated heterocycles. The van der Waals surface area contributed by atoms with Crippen molar-refractivity contribution in [3.63, 3.8) is 0 Å². The third-order valence-electron chi connectivity index (χ3n) is 2.50. The van der Waals surface area contributed by atoms with Crippen molar-refractivity contribution in [3.05, 3.63) is 29.8 Å². The lowest BCUT2D eigenvalue weighted by Gasteiger charge is -2.05. The van der Waals surface area contributed by atoms with E-state index < -0.39 is 0 Å². The molecule has 1 N–H and O–H groups in total. The van der Waals surface area contributed by atoms with E-state index >= 15 is 0 Å². The molecule has 0 aliphatic carbocycles. The minimum Gasteiger partial charge on any atom is -0.326 e. The monoisotopic (exact) mass is 220 g/mol. The lowest BCUT2D eigenvalue weighted by Crippen LogP contribution is -2.10. The first-order valence-corrected chi connectivity index (χ1v) is 5.94. The number of hydrogen-bond acceptors (Lipinski definition) is 1. The zero-order chi connectivity index (χ0) is 12.5. The van der Waals surface area contributed by atoms with E-state index in [1.54, 1.807) is 0 Å². The van der Waals surface area contributed by atoms with Gasteiger partial charge in [-0.2, -0.15) is 0 Å². The molecule has 0 bridgehead atoms. The number of carbonyl (C=O) groups excluding carboxylic acids is 1. The first-order valence-electron chi connectivity index (χ1n) is 6.65. The Bertz CT molecular complexity index is 335. The lowest BCUT2D eigenvalue weighted by molar-refractivity contribution is -0.116. The van der Waals surface area contributed by atoms with Crippen molar-refractivity contribution in [2.24, 2.45) is 0 Å². The van der Waals surface area contributed by atoms with Crippen molar-refractivity contribution in [1.82, 2.24) is 0 Å². The van der Waals surface area contributed by atoms with Crippen LogP contribution in [0.4, 0.5) is 5.69 Å². The molecule has 0 atom stereocenters. The Morgan fingerprint density at radius 2 is 2.00 bits per heavy atom. The molecule has 0 radical (unpaired) electrons. The summed E-state index contributed by atoms with van der Waals surface area (Å²) in [5.74, 6) is 0.0831. The predicted octanol–water partition coefficient (Wildman–Crippen LogP) is 3.90. The number of amides is 1. The molecular weight excluding hydrogens is 198 g/mol. The molecule has 0 saturated carbocycles. The van der Waals surface area contributed by atoms with Gasteiger partial charge in [0.25, 0.3) is 0 Å². The van der Waals surface area contributed by atoms with Gasteiger partial charge in [0.2, 0.25) is 5.91 Å². The van der Waals surface area contributed by atoms with E-state index in [4.69, 9.17) is 1.37 Å². The van der Waals surface area contributed by atoms with Gasteiger partial charge in [-0.3, -0.25) is 4.79 Å². The standard InChI is InChI=1S/C14H21NO/c1-3-4-5-6-7-14(16)15-13-10-8-12(2)9-11-13/h8-11H,3-7H2,1-2H3,(H,15,16)/i2D. The van der Waals surface area contributed by atoms with E-state index in [0.717, 1.165) is 24.1 Å². The summed E-state index contributed by atoms with van der Waals surface area (Å²) in [6, 6.07) is 7.46. The first-order chi connectivity index (χ1) is 8.26. The predicted molar refractivity (Wildman–Crippen MR) is 68.6 cm³/mol. The highest BCUT2D eigenvalue weighted by Crippen LogP contribution is 2.10. The minimum atomic E-state index is 0.0831. The molecule has 0 aliphatic heterocycles. The third-order valence-corrected chi connectivity index (χ3v) is 2.50. The second-order valence-corrected chi connectivity index (χ2v) is 4.06. The molecule has 1 amide bonds. The summed E-state index contributed by atoms with van der Waals surface area (Å²) < 4.78 is 7.20. The number of aryl methyl sites for hydroxylation is 1. The van der Waals surface area contributed by atoms with Gasteiger partial charge in [0.1, 0.15) is 0 Å². The van der Waals surface area contributed by atoms with Crippen LogP contribution in [0.2, 0.25) is 0 Å². The van der Waals surface area contributed by atoms with Crippen LogP contribution < -0.4 is 5.32 Å². The molecule has 1 aromatic rings. The number of nitrogens with one attached hydrogen (secondary N) is 1. The van der Waals surface area contributed by atoms with E-state index in [-0.39, 0.29) is 12.8 Å². The zero-order valence-electron chi connectivity index (χ0n) is 11.0. The van der Waals surface area contributed by atoms with Gasteiger partial charge in [-0.05, 0) is 25.5 Å².